The Bertz CT molecular complexity index is 439. The number of nitrogens with zero attached hydrogens (tertiary/aromatic N) is 3. The molecule has 0 unspecified atom stereocenters. The van der Waals surface area contributed by atoms with E-state index < -0.39 is 0 Å². The SMILES string of the molecule is NCCc1c(F)cccc1-n1cncn1. The summed E-state index contributed by atoms with van der Waals surface area (Å²) in [6.45, 7) is 0.405. The van der Waals surface area contributed by atoms with E-state index >= 15 is 0 Å². The second-order valence-corrected chi connectivity index (χ2v) is 3.12. The van der Waals surface area contributed by atoms with E-state index in [0.29, 0.717) is 24.2 Å². The van der Waals surface area contributed by atoms with Crippen molar-refractivity contribution in [1.29, 1.82) is 0 Å². The van der Waals surface area contributed by atoms with Crippen LogP contribution in [0.15, 0.2) is 30.9 Å². The zero-order valence-corrected chi connectivity index (χ0v) is 8.10. The molecule has 0 fully saturated rings. The molecule has 4 nitrogen and oxygen atoms in total. The molecule has 1 aromatic heterocycles. The molecule has 0 radical (unpaired) electrons. The molecule has 1 aromatic carbocycles. The highest BCUT2D eigenvalue weighted by Crippen LogP contribution is 2.17. The fraction of sp³-hybridized carbons (Fsp3) is 0.200. The molecule has 0 spiro atoms. The van der Waals surface area contributed by atoms with Crippen molar-refractivity contribution >= 4 is 0 Å². The van der Waals surface area contributed by atoms with Gasteiger partial charge in [-0.05, 0) is 25.1 Å². The first-order chi connectivity index (χ1) is 7.33. The maximum atomic E-state index is 13.5. The highest BCUT2D eigenvalue weighted by molar-refractivity contribution is 5.41. The van der Waals surface area contributed by atoms with E-state index in [-0.39, 0.29) is 5.82 Å². The predicted molar refractivity (Wildman–Crippen MR) is 54.1 cm³/mol. The second kappa shape index (κ2) is 4.18. The van der Waals surface area contributed by atoms with Crippen LogP contribution in [0.25, 0.3) is 5.69 Å². The van der Waals surface area contributed by atoms with Gasteiger partial charge in [0.1, 0.15) is 18.5 Å². The number of hydrogen-bond donors (Lipinski definition) is 1. The van der Waals surface area contributed by atoms with Crippen molar-refractivity contribution in [2.24, 2.45) is 5.73 Å². The summed E-state index contributed by atoms with van der Waals surface area (Å²) in [6, 6.07) is 4.86. The summed E-state index contributed by atoms with van der Waals surface area (Å²) >= 11 is 0. The Morgan fingerprint density at radius 1 is 1.40 bits per heavy atom. The first-order valence-corrected chi connectivity index (χ1v) is 4.65. The number of hydrogen-bond acceptors (Lipinski definition) is 3. The van der Waals surface area contributed by atoms with E-state index in [9.17, 15) is 4.39 Å². The molecule has 2 N–H and O–H groups in total. The average molecular weight is 206 g/mol. The average Bonchev–Trinajstić information content (AvgIpc) is 2.74. The van der Waals surface area contributed by atoms with Gasteiger partial charge in [-0.1, -0.05) is 6.07 Å². The monoisotopic (exact) mass is 206 g/mol. The smallest absolute Gasteiger partial charge is 0.138 e. The number of halogens is 1. The van der Waals surface area contributed by atoms with E-state index in [2.05, 4.69) is 10.1 Å². The molecular weight excluding hydrogens is 195 g/mol. The van der Waals surface area contributed by atoms with E-state index in [1.54, 1.807) is 12.1 Å². The molecule has 0 saturated heterocycles. The maximum Gasteiger partial charge on any atom is 0.138 e. The first-order valence-electron chi connectivity index (χ1n) is 4.65. The van der Waals surface area contributed by atoms with Crippen LogP contribution >= 0.6 is 0 Å². The van der Waals surface area contributed by atoms with Crippen molar-refractivity contribution in [3.05, 3.63) is 42.2 Å². The van der Waals surface area contributed by atoms with Gasteiger partial charge in [-0.3, -0.25) is 0 Å². The van der Waals surface area contributed by atoms with Crippen LogP contribution in [0.3, 0.4) is 0 Å². The van der Waals surface area contributed by atoms with Gasteiger partial charge in [0.25, 0.3) is 0 Å². The van der Waals surface area contributed by atoms with Crippen LogP contribution in [-0.4, -0.2) is 21.3 Å². The molecular formula is C10H11FN4. The van der Waals surface area contributed by atoms with Gasteiger partial charge in [-0.25, -0.2) is 14.1 Å². The predicted octanol–water partition coefficient (Wildman–Crippen LogP) is 0.908. The molecule has 0 atom stereocenters. The molecule has 1 heterocycles. The van der Waals surface area contributed by atoms with Gasteiger partial charge in [0.05, 0.1) is 5.69 Å². The van der Waals surface area contributed by atoms with Crippen LogP contribution in [0.5, 0.6) is 0 Å². The van der Waals surface area contributed by atoms with E-state index in [1.807, 2.05) is 0 Å². The van der Waals surface area contributed by atoms with Crippen molar-refractivity contribution in [1.82, 2.24) is 14.8 Å². The topological polar surface area (TPSA) is 56.7 Å². The molecule has 0 aliphatic carbocycles. The Morgan fingerprint density at radius 3 is 2.93 bits per heavy atom. The van der Waals surface area contributed by atoms with Gasteiger partial charge >= 0.3 is 0 Å². The summed E-state index contributed by atoms with van der Waals surface area (Å²) in [5.74, 6) is -0.256. The molecule has 0 bridgehead atoms. The van der Waals surface area contributed by atoms with Crippen LogP contribution in [0.2, 0.25) is 0 Å². The highest BCUT2D eigenvalue weighted by atomic mass is 19.1. The summed E-state index contributed by atoms with van der Waals surface area (Å²) in [7, 11) is 0. The third-order valence-corrected chi connectivity index (χ3v) is 2.15. The molecule has 0 amide bonds. The molecule has 78 valence electrons. The summed E-state index contributed by atoms with van der Waals surface area (Å²) < 4.78 is 15.0. The van der Waals surface area contributed by atoms with Crippen molar-refractivity contribution in [3.8, 4) is 5.69 Å². The lowest BCUT2D eigenvalue weighted by Crippen LogP contribution is -2.09. The van der Waals surface area contributed by atoms with Gasteiger partial charge in [0.15, 0.2) is 0 Å². The Kier molecular flexibility index (Phi) is 2.73. The molecule has 0 saturated carbocycles. The summed E-state index contributed by atoms with van der Waals surface area (Å²) in [5, 5.41) is 3.97. The number of nitrogens with two attached hydrogens (primary N) is 1. The molecule has 5 heteroatoms. The van der Waals surface area contributed by atoms with Crippen LogP contribution in [0, 0.1) is 5.82 Å². The molecule has 15 heavy (non-hydrogen) atoms. The van der Waals surface area contributed by atoms with Crippen LogP contribution in [-0.2, 0) is 6.42 Å². The molecule has 2 aromatic rings. The third-order valence-electron chi connectivity index (χ3n) is 2.15. The third kappa shape index (κ3) is 1.87. The van der Waals surface area contributed by atoms with Crippen molar-refractivity contribution in [2.75, 3.05) is 6.54 Å². The lowest BCUT2D eigenvalue weighted by molar-refractivity contribution is 0.605. The van der Waals surface area contributed by atoms with Crippen molar-refractivity contribution in [2.45, 2.75) is 6.42 Å². The Balaban J connectivity index is 2.51. The van der Waals surface area contributed by atoms with Gasteiger partial charge < -0.3 is 5.73 Å². The minimum atomic E-state index is -0.256. The quantitative estimate of drug-likeness (QED) is 0.812. The van der Waals surface area contributed by atoms with Crippen LogP contribution in [0.4, 0.5) is 4.39 Å². The lowest BCUT2D eigenvalue weighted by Gasteiger charge is -2.08. The Hall–Kier alpha value is -1.75. The highest BCUT2D eigenvalue weighted by Gasteiger charge is 2.09. The number of rotatable bonds is 3. The van der Waals surface area contributed by atoms with Crippen LogP contribution in [0.1, 0.15) is 5.56 Å². The summed E-state index contributed by atoms with van der Waals surface area (Å²) in [5.41, 5.74) is 6.71. The van der Waals surface area contributed by atoms with Gasteiger partial charge in [-0.15, -0.1) is 0 Å². The standard InChI is InChI=1S/C10H11FN4/c11-9-2-1-3-10(8(9)4-5-12)15-7-13-6-14-15/h1-3,6-7H,4-5,12H2. The largest absolute Gasteiger partial charge is 0.330 e. The minimum Gasteiger partial charge on any atom is -0.330 e. The Labute approximate surface area is 86.6 Å². The first kappa shape index (κ1) is 9.79. The maximum absolute atomic E-state index is 13.5. The Morgan fingerprint density at radius 2 is 2.27 bits per heavy atom. The second-order valence-electron chi connectivity index (χ2n) is 3.12. The number of benzene rings is 1. The summed E-state index contributed by atoms with van der Waals surface area (Å²) in [4.78, 5) is 3.83. The lowest BCUT2D eigenvalue weighted by atomic mass is 10.1. The summed E-state index contributed by atoms with van der Waals surface area (Å²) in [6.07, 6.45) is 3.44. The van der Waals surface area contributed by atoms with Crippen molar-refractivity contribution < 1.29 is 4.39 Å². The fourth-order valence-corrected chi connectivity index (χ4v) is 1.49. The van der Waals surface area contributed by atoms with Crippen LogP contribution < -0.4 is 5.73 Å². The van der Waals surface area contributed by atoms with E-state index in [4.69, 9.17) is 5.73 Å². The molecule has 2 rings (SSSR count). The molecule has 0 aliphatic rings. The zero-order valence-electron chi connectivity index (χ0n) is 8.10. The number of aromatic nitrogens is 3. The minimum absolute atomic E-state index is 0.256. The van der Waals surface area contributed by atoms with Gasteiger partial charge in [-0.2, -0.15) is 5.10 Å². The van der Waals surface area contributed by atoms with Gasteiger partial charge in [0.2, 0.25) is 0 Å². The van der Waals surface area contributed by atoms with E-state index in [1.165, 1.54) is 23.4 Å². The molecule has 0 aliphatic heterocycles. The zero-order chi connectivity index (χ0) is 10.7. The fourth-order valence-electron chi connectivity index (χ4n) is 1.49. The van der Waals surface area contributed by atoms with E-state index in [0.717, 1.165) is 0 Å². The van der Waals surface area contributed by atoms with Gasteiger partial charge in [0, 0.05) is 5.56 Å². The van der Waals surface area contributed by atoms with Crippen molar-refractivity contribution in [3.63, 3.8) is 0 Å². The normalized spacial score (nSPS) is 10.5.